The Morgan fingerprint density at radius 1 is 1.53 bits per heavy atom. The van der Waals surface area contributed by atoms with Crippen LogP contribution in [0.25, 0.3) is 10.1 Å². The van der Waals surface area contributed by atoms with Gasteiger partial charge < -0.3 is 11.1 Å². The second-order valence-electron chi connectivity index (χ2n) is 5.30. The standard InChI is InChI=1S/C14H19N3OS/c1-4-6-14(2,3)17-13(18)12-11(15)9-5-7-16-8-10(9)19-12/h5,7-8H,4,6,15H2,1-3H3,(H,17,18). The third-order valence-corrected chi connectivity index (χ3v) is 4.22. The van der Waals surface area contributed by atoms with Crippen molar-refractivity contribution in [2.75, 3.05) is 5.73 Å². The minimum Gasteiger partial charge on any atom is -0.397 e. The van der Waals surface area contributed by atoms with Crippen LogP contribution in [-0.2, 0) is 0 Å². The second-order valence-corrected chi connectivity index (χ2v) is 6.36. The van der Waals surface area contributed by atoms with Crippen LogP contribution in [0.4, 0.5) is 5.69 Å². The molecule has 0 aliphatic carbocycles. The van der Waals surface area contributed by atoms with E-state index in [2.05, 4.69) is 17.2 Å². The Balaban J connectivity index is 2.29. The number of pyridine rings is 1. The van der Waals surface area contributed by atoms with Crippen molar-refractivity contribution in [1.29, 1.82) is 0 Å². The Kier molecular flexibility index (Phi) is 3.75. The van der Waals surface area contributed by atoms with Crippen LogP contribution in [0.5, 0.6) is 0 Å². The Bertz CT molecular complexity index is 604. The van der Waals surface area contributed by atoms with Crippen molar-refractivity contribution in [2.24, 2.45) is 0 Å². The van der Waals surface area contributed by atoms with Crippen molar-refractivity contribution >= 4 is 33.0 Å². The van der Waals surface area contributed by atoms with Crippen molar-refractivity contribution in [2.45, 2.75) is 39.2 Å². The molecule has 0 atom stereocenters. The van der Waals surface area contributed by atoms with E-state index in [1.54, 1.807) is 12.4 Å². The van der Waals surface area contributed by atoms with Gasteiger partial charge in [0.1, 0.15) is 4.88 Å². The van der Waals surface area contributed by atoms with Gasteiger partial charge in [-0.2, -0.15) is 0 Å². The summed E-state index contributed by atoms with van der Waals surface area (Å²) in [6.45, 7) is 6.16. The third-order valence-electron chi connectivity index (χ3n) is 3.06. The molecular formula is C14H19N3OS. The molecule has 102 valence electrons. The van der Waals surface area contributed by atoms with E-state index < -0.39 is 0 Å². The van der Waals surface area contributed by atoms with E-state index in [0.717, 1.165) is 22.9 Å². The number of nitrogens with one attached hydrogen (secondary N) is 1. The molecule has 3 N–H and O–H groups in total. The van der Waals surface area contributed by atoms with E-state index >= 15 is 0 Å². The van der Waals surface area contributed by atoms with Gasteiger partial charge in [-0.05, 0) is 26.3 Å². The molecule has 2 aromatic heterocycles. The first-order chi connectivity index (χ1) is 8.94. The van der Waals surface area contributed by atoms with E-state index in [9.17, 15) is 4.79 Å². The van der Waals surface area contributed by atoms with Gasteiger partial charge in [0, 0.05) is 23.3 Å². The summed E-state index contributed by atoms with van der Waals surface area (Å²) < 4.78 is 0.943. The van der Waals surface area contributed by atoms with Crippen molar-refractivity contribution in [3.8, 4) is 0 Å². The smallest absolute Gasteiger partial charge is 0.263 e. The van der Waals surface area contributed by atoms with Crippen molar-refractivity contribution in [1.82, 2.24) is 10.3 Å². The minimum atomic E-state index is -0.216. The second kappa shape index (κ2) is 5.17. The van der Waals surface area contributed by atoms with E-state index in [1.807, 2.05) is 19.9 Å². The highest BCUT2D eigenvalue weighted by atomic mass is 32.1. The lowest BCUT2D eigenvalue weighted by molar-refractivity contribution is 0.0914. The van der Waals surface area contributed by atoms with Gasteiger partial charge in [0.2, 0.25) is 0 Å². The number of hydrogen-bond acceptors (Lipinski definition) is 4. The minimum absolute atomic E-state index is 0.0999. The molecule has 0 bridgehead atoms. The summed E-state index contributed by atoms with van der Waals surface area (Å²) in [5.74, 6) is -0.0999. The van der Waals surface area contributed by atoms with E-state index in [1.165, 1.54) is 11.3 Å². The molecule has 0 spiro atoms. The van der Waals surface area contributed by atoms with Crippen molar-refractivity contribution in [3.63, 3.8) is 0 Å². The summed E-state index contributed by atoms with van der Waals surface area (Å²) in [6.07, 6.45) is 5.39. The maximum absolute atomic E-state index is 12.3. The average Bonchev–Trinajstić information content (AvgIpc) is 2.67. The highest BCUT2D eigenvalue weighted by molar-refractivity contribution is 7.21. The molecule has 0 aliphatic heterocycles. The molecule has 0 saturated carbocycles. The van der Waals surface area contributed by atoms with Crippen LogP contribution in [0.2, 0.25) is 0 Å². The number of nitrogens with zero attached hydrogens (tertiary/aromatic N) is 1. The Labute approximate surface area is 117 Å². The summed E-state index contributed by atoms with van der Waals surface area (Å²) in [5, 5.41) is 3.95. The molecule has 19 heavy (non-hydrogen) atoms. The number of rotatable bonds is 4. The summed E-state index contributed by atoms with van der Waals surface area (Å²) in [6, 6.07) is 1.84. The lowest BCUT2D eigenvalue weighted by Crippen LogP contribution is -2.43. The maximum Gasteiger partial charge on any atom is 0.263 e. The molecule has 2 aromatic rings. The monoisotopic (exact) mass is 277 g/mol. The Hall–Kier alpha value is -1.62. The molecule has 0 radical (unpaired) electrons. The number of thiophene rings is 1. The lowest BCUT2D eigenvalue weighted by atomic mass is 9.99. The zero-order chi connectivity index (χ0) is 14.0. The van der Waals surface area contributed by atoms with Crippen molar-refractivity contribution < 1.29 is 4.79 Å². The summed E-state index contributed by atoms with van der Waals surface area (Å²) in [7, 11) is 0. The number of hydrogen-bond donors (Lipinski definition) is 2. The van der Waals surface area contributed by atoms with E-state index in [0.29, 0.717) is 10.6 Å². The van der Waals surface area contributed by atoms with Gasteiger partial charge in [0.05, 0.1) is 10.4 Å². The fraction of sp³-hybridized carbons (Fsp3) is 0.429. The van der Waals surface area contributed by atoms with Gasteiger partial charge in [-0.3, -0.25) is 9.78 Å². The van der Waals surface area contributed by atoms with Crippen LogP contribution in [0, 0.1) is 0 Å². The predicted molar refractivity (Wildman–Crippen MR) is 80.5 cm³/mol. The molecule has 0 saturated heterocycles. The Morgan fingerprint density at radius 2 is 2.26 bits per heavy atom. The largest absolute Gasteiger partial charge is 0.397 e. The van der Waals surface area contributed by atoms with Gasteiger partial charge in [-0.1, -0.05) is 13.3 Å². The number of amides is 1. The number of aromatic nitrogens is 1. The van der Waals surface area contributed by atoms with Crippen LogP contribution in [0.1, 0.15) is 43.3 Å². The lowest BCUT2D eigenvalue weighted by Gasteiger charge is -2.25. The highest BCUT2D eigenvalue weighted by Gasteiger charge is 2.23. The molecule has 2 heterocycles. The average molecular weight is 277 g/mol. The van der Waals surface area contributed by atoms with Gasteiger partial charge in [0.15, 0.2) is 0 Å². The predicted octanol–water partition coefficient (Wildman–Crippen LogP) is 3.19. The molecule has 0 unspecified atom stereocenters. The first-order valence-corrected chi connectivity index (χ1v) is 7.21. The normalized spacial score (nSPS) is 11.7. The zero-order valence-corrected chi connectivity index (χ0v) is 12.3. The van der Waals surface area contributed by atoms with Gasteiger partial charge in [-0.15, -0.1) is 11.3 Å². The summed E-state index contributed by atoms with van der Waals surface area (Å²) in [5.41, 5.74) is 6.39. The van der Waals surface area contributed by atoms with Crippen LogP contribution in [-0.4, -0.2) is 16.4 Å². The van der Waals surface area contributed by atoms with Gasteiger partial charge in [-0.25, -0.2) is 0 Å². The molecule has 4 nitrogen and oxygen atoms in total. The molecule has 1 amide bonds. The molecule has 2 rings (SSSR count). The molecule has 0 aliphatic rings. The Morgan fingerprint density at radius 3 is 2.89 bits per heavy atom. The fourth-order valence-corrected chi connectivity index (χ4v) is 3.18. The number of nitrogens with two attached hydrogens (primary N) is 1. The fourth-order valence-electron chi connectivity index (χ4n) is 2.19. The number of fused-ring (bicyclic) bond motifs is 1. The highest BCUT2D eigenvalue weighted by Crippen LogP contribution is 2.33. The van der Waals surface area contributed by atoms with Crippen LogP contribution >= 0.6 is 11.3 Å². The first-order valence-electron chi connectivity index (χ1n) is 6.39. The van der Waals surface area contributed by atoms with Crippen LogP contribution in [0.3, 0.4) is 0 Å². The molecular weight excluding hydrogens is 258 g/mol. The summed E-state index contributed by atoms with van der Waals surface area (Å²) >= 11 is 1.39. The zero-order valence-electron chi connectivity index (χ0n) is 11.5. The van der Waals surface area contributed by atoms with Crippen LogP contribution in [0.15, 0.2) is 18.5 Å². The quantitative estimate of drug-likeness (QED) is 0.901. The molecule has 0 aromatic carbocycles. The number of nitrogen functional groups attached to an aromatic ring is 1. The SMILES string of the molecule is CCCC(C)(C)NC(=O)c1sc2cnccc2c1N. The summed E-state index contributed by atoms with van der Waals surface area (Å²) in [4.78, 5) is 17.0. The number of carbonyl (C=O) groups is 1. The van der Waals surface area contributed by atoms with Gasteiger partial charge in [0.25, 0.3) is 5.91 Å². The third kappa shape index (κ3) is 2.87. The number of anilines is 1. The first kappa shape index (κ1) is 13.8. The molecule has 5 heteroatoms. The molecule has 0 fully saturated rings. The van der Waals surface area contributed by atoms with E-state index in [-0.39, 0.29) is 11.4 Å². The maximum atomic E-state index is 12.3. The number of carbonyl (C=O) groups excluding carboxylic acids is 1. The van der Waals surface area contributed by atoms with Crippen LogP contribution < -0.4 is 11.1 Å². The van der Waals surface area contributed by atoms with Crippen molar-refractivity contribution in [3.05, 3.63) is 23.3 Å². The topological polar surface area (TPSA) is 68.0 Å². The van der Waals surface area contributed by atoms with E-state index in [4.69, 9.17) is 5.73 Å². The van der Waals surface area contributed by atoms with Gasteiger partial charge >= 0.3 is 0 Å².